The normalized spacial score (nSPS) is 23.1. The molecule has 1 atom stereocenters. The molecule has 0 spiro atoms. The second kappa shape index (κ2) is 6.14. The maximum Gasteiger partial charge on any atom is 0.0630 e. The molecule has 0 saturated carbocycles. The van der Waals surface area contributed by atoms with E-state index < -0.39 is 0 Å². The molecule has 0 saturated heterocycles. The largest absolute Gasteiger partial charge is 0.198 e. The van der Waals surface area contributed by atoms with Crippen molar-refractivity contribution in [3.63, 3.8) is 0 Å². The Kier molecular flexibility index (Phi) is 4.94. The Hall–Kier alpha value is -0.420. The van der Waals surface area contributed by atoms with E-state index in [1.54, 1.807) is 0 Å². The van der Waals surface area contributed by atoms with Crippen molar-refractivity contribution in [1.29, 1.82) is 5.26 Å². The summed E-state index contributed by atoms with van der Waals surface area (Å²) in [5, 5.41) is 9.05. The Labute approximate surface area is 78.8 Å². The van der Waals surface area contributed by atoms with Crippen molar-refractivity contribution in [2.24, 2.45) is 0 Å². The van der Waals surface area contributed by atoms with Crippen LogP contribution in [0.5, 0.6) is 0 Å². The average molecular weight is 181 g/mol. The van der Waals surface area contributed by atoms with Gasteiger partial charge in [-0.25, -0.2) is 0 Å². The number of allylic oxidation sites excluding steroid dienone is 1. The first-order valence-electron chi connectivity index (χ1n) is 4.58. The number of nitrogens with zero attached hydrogens (tertiary/aromatic N) is 1. The Morgan fingerprint density at radius 2 is 2.42 bits per heavy atom. The molecule has 0 amide bonds. The fourth-order valence-corrected chi connectivity index (χ4v) is 2.41. The van der Waals surface area contributed by atoms with Crippen molar-refractivity contribution in [3.8, 4) is 6.07 Å². The molecule has 66 valence electrons. The van der Waals surface area contributed by atoms with Crippen molar-refractivity contribution in [1.82, 2.24) is 0 Å². The zero-order valence-electron chi connectivity index (χ0n) is 7.33. The van der Waals surface area contributed by atoms with Crippen LogP contribution in [-0.2, 0) is 0 Å². The molecule has 0 aromatic carbocycles. The molecule has 2 heteroatoms. The van der Waals surface area contributed by atoms with Crippen LogP contribution in [-0.4, -0.2) is 11.0 Å². The van der Waals surface area contributed by atoms with Crippen LogP contribution >= 0.6 is 11.8 Å². The summed E-state index contributed by atoms with van der Waals surface area (Å²) < 4.78 is 0. The van der Waals surface area contributed by atoms with E-state index in [1.807, 2.05) is 11.8 Å². The van der Waals surface area contributed by atoms with E-state index in [4.69, 9.17) is 5.26 Å². The monoisotopic (exact) mass is 181 g/mol. The third-order valence-electron chi connectivity index (χ3n) is 2.01. The topological polar surface area (TPSA) is 23.8 Å². The quantitative estimate of drug-likeness (QED) is 0.493. The molecule has 0 aliphatic heterocycles. The molecule has 0 N–H and O–H groups in total. The molecule has 1 unspecified atom stereocenters. The SMILES string of the molecule is N#CCCSC1C=CCCCC1. The number of hydrogen-bond acceptors (Lipinski definition) is 2. The molecule has 0 bridgehead atoms. The molecule has 1 nitrogen and oxygen atoms in total. The van der Waals surface area contributed by atoms with Crippen LogP contribution in [0.2, 0.25) is 0 Å². The molecule has 1 aliphatic rings. The maximum absolute atomic E-state index is 8.37. The highest BCUT2D eigenvalue weighted by Gasteiger charge is 2.06. The molecule has 0 aromatic rings. The van der Waals surface area contributed by atoms with Crippen LogP contribution in [0, 0.1) is 11.3 Å². The summed E-state index contributed by atoms with van der Waals surface area (Å²) in [6.45, 7) is 0. The average Bonchev–Trinajstić information content (AvgIpc) is 2.33. The van der Waals surface area contributed by atoms with Gasteiger partial charge in [0.15, 0.2) is 0 Å². The molecular weight excluding hydrogens is 166 g/mol. The smallest absolute Gasteiger partial charge is 0.0630 e. The molecule has 1 aliphatic carbocycles. The Morgan fingerprint density at radius 3 is 3.25 bits per heavy atom. The van der Waals surface area contributed by atoms with Crippen LogP contribution < -0.4 is 0 Å². The zero-order valence-corrected chi connectivity index (χ0v) is 8.15. The first-order chi connectivity index (χ1) is 5.93. The predicted octanol–water partition coefficient (Wildman–Crippen LogP) is 3.13. The van der Waals surface area contributed by atoms with Crippen molar-refractivity contribution >= 4 is 11.8 Å². The number of rotatable bonds is 3. The van der Waals surface area contributed by atoms with Crippen LogP contribution in [0.25, 0.3) is 0 Å². The highest BCUT2D eigenvalue weighted by Crippen LogP contribution is 2.22. The standard InChI is InChI=1S/C10H15NS/c11-8-5-9-12-10-6-3-1-2-4-7-10/h3,6,10H,1-2,4-5,7,9H2. The molecule has 0 aromatic heterocycles. The van der Waals surface area contributed by atoms with Gasteiger partial charge in [-0.1, -0.05) is 18.6 Å². The molecule has 1 rings (SSSR count). The third kappa shape index (κ3) is 3.82. The summed E-state index contributed by atoms with van der Waals surface area (Å²) in [4.78, 5) is 0. The highest BCUT2D eigenvalue weighted by atomic mass is 32.2. The second-order valence-electron chi connectivity index (χ2n) is 3.03. The Bertz CT molecular complexity index is 181. The van der Waals surface area contributed by atoms with Crippen LogP contribution in [0.1, 0.15) is 32.1 Å². The van der Waals surface area contributed by atoms with Gasteiger partial charge in [0.2, 0.25) is 0 Å². The van der Waals surface area contributed by atoms with Crippen molar-refractivity contribution in [3.05, 3.63) is 12.2 Å². The summed E-state index contributed by atoms with van der Waals surface area (Å²) in [5.41, 5.74) is 0. The number of hydrogen-bond donors (Lipinski definition) is 0. The minimum absolute atomic E-state index is 0.681. The van der Waals surface area contributed by atoms with Gasteiger partial charge in [-0.05, 0) is 19.3 Å². The van der Waals surface area contributed by atoms with Gasteiger partial charge in [-0.2, -0.15) is 17.0 Å². The van der Waals surface area contributed by atoms with E-state index in [1.165, 1.54) is 25.7 Å². The highest BCUT2D eigenvalue weighted by molar-refractivity contribution is 8.00. The fourth-order valence-electron chi connectivity index (χ4n) is 1.35. The minimum Gasteiger partial charge on any atom is -0.198 e. The van der Waals surface area contributed by atoms with Gasteiger partial charge in [-0.15, -0.1) is 0 Å². The molecule has 0 heterocycles. The zero-order chi connectivity index (χ0) is 8.65. The Morgan fingerprint density at radius 1 is 1.50 bits per heavy atom. The van der Waals surface area contributed by atoms with Crippen molar-refractivity contribution in [2.75, 3.05) is 5.75 Å². The van der Waals surface area contributed by atoms with Gasteiger partial charge in [-0.3, -0.25) is 0 Å². The van der Waals surface area contributed by atoms with E-state index in [2.05, 4.69) is 18.2 Å². The van der Waals surface area contributed by atoms with Crippen LogP contribution in [0.4, 0.5) is 0 Å². The lowest BCUT2D eigenvalue weighted by molar-refractivity contribution is 0.724. The third-order valence-corrected chi connectivity index (χ3v) is 3.27. The van der Waals surface area contributed by atoms with Gasteiger partial charge >= 0.3 is 0 Å². The lowest BCUT2D eigenvalue weighted by Gasteiger charge is -2.08. The summed E-state index contributed by atoms with van der Waals surface area (Å²) in [5.74, 6) is 0.992. The number of thioether (sulfide) groups is 1. The van der Waals surface area contributed by atoms with Crippen LogP contribution in [0.3, 0.4) is 0 Å². The lowest BCUT2D eigenvalue weighted by Crippen LogP contribution is -1.97. The van der Waals surface area contributed by atoms with E-state index in [0.717, 1.165) is 5.75 Å². The minimum atomic E-state index is 0.681. The Balaban J connectivity index is 2.17. The van der Waals surface area contributed by atoms with Crippen LogP contribution in [0.15, 0.2) is 12.2 Å². The summed E-state index contributed by atoms with van der Waals surface area (Å²) in [7, 11) is 0. The molecule has 12 heavy (non-hydrogen) atoms. The van der Waals surface area contributed by atoms with Gasteiger partial charge in [0, 0.05) is 17.4 Å². The lowest BCUT2D eigenvalue weighted by atomic mass is 10.2. The van der Waals surface area contributed by atoms with Gasteiger partial charge in [0.05, 0.1) is 6.07 Å². The second-order valence-corrected chi connectivity index (χ2v) is 4.38. The van der Waals surface area contributed by atoms with Crippen molar-refractivity contribution in [2.45, 2.75) is 37.4 Å². The number of nitriles is 1. The van der Waals surface area contributed by atoms with Gasteiger partial charge < -0.3 is 0 Å². The summed E-state index contributed by atoms with van der Waals surface area (Å²) >= 11 is 1.93. The predicted molar refractivity (Wildman–Crippen MR) is 54.1 cm³/mol. The van der Waals surface area contributed by atoms with Gasteiger partial charge in [0.25, 0.3) is 0 Å². The van der Waals surface area contributed by atoms with Crippen molar-refractivity contribution < 1.29 is 0 Å². The van der Waals surface area contributed by atoms with E-state index >= 15 is 0 Å². The maximum atomic E-state index is 8.37. The summed E-state index contributed by atoms with van der Waals surface area (Å²) in [6.07, 6.45) is 10.5. The van der Waals surface area contributed by atoms with Gasteiger partial charge in [0.1, 0.15) is 0 Å². The van der Waals surface area contributed by atoms with E-state index in [0.29, 0.717) is 11.7 Å². The molecule has 0 radical (unpaired) electrons. The van der Waals surface area contributed by atoms with E-state index in [-0.39, 0.29) is 0 Å². The first kappa shape index (κ1) is 9.67. The fraction of sp³-hybridized carbons (Fsp3) is 0.700. The molecular formula is C10H15NS. The first-order valence-corrected chi connectivity index (χ1v) is 5.63. The summed E-state index contributed by atoms with van der Waals surface area (Å²) in [6, 6.07) is 2.18. The van der Waals surface area contributed by atoms with E-state index in [9.17, 15) is 0 Å². The molecule has 0 fully saturated rings.